The van der Waals surface area contributed by atoms with Gasteiger partial charge in [-0.2, -0.15) is 0 Å². The highest BCUT2D eigenvalue weighted by atomic mass is 15.3. The molecule has 102 valence electrons. The van der Waals surface area contributed by atoms with E-state index in [1.807, 2.05) is 0 Å². The molecular weight excluding hydrogens is 226 g/mol. The molecule has 0 atom stereocenters. The van der Waals surface area contributed by atoms with E-state index in [4.69, 9.17) is 5.84 Å². The Morgan fingerprint density at radius 1 is 1.11 bits per heavy atom. The van der Waals surface area contributed by atoms with Gasteiger partial charge in [0.25, 0.3) is 0 Å². The summed E-state index contributed by atoms with van der Waals surface area (Å²) in [7, 11) is 0. The van der Waals surface area contributed by atoms with Crippen LogP contribution in [0.15, 0.2) is 12.4 Å². The summed E-state index contributed by atoms with van der Waals surface area (Å²) < 4.78 is 0. The van der Waals surface area contributed by atoms with Crippen molar-refractivity contribution in [3.63, 3.8) is 0 Å². The van der Waals surface area contributed by atoms with E-state index in [1.54, 1.807) is 12.4 Å². The number of nitrogens with one attached hydrogen (secondary N) is 1. The summed E-state index contributed by atoms with van der Waals surface area (Å²) in [6.45, 7) is 11.9. The topological polar surface area (TPSA) is 67.1 Å². The number of nitrogens with zero attached hydrogens (tertiary/aromatic N) is 3. The normalized spacial score (nSPS) is 11.6. The first-order chi connectivity index (χ1) is 8.51. The van der Waals surface area contributed by atoms with Gasteiger partial charge < -0.3 is 5.43 Å². The Morgan fingerprint density at radius 2 is 1.72 bits per heavy atom. The summed E-state index contributed by atoms with van der Waals surface area (Å²) in [6, 6.07) is 0. The molecule has 1 aromatic rings. The van der Waals surface area contributed by atoms with Gasteiger partial charge in [0.1, 0.15) is 0 Å². The lowest BCUT2D eigenvalue weighted by atomic mass is 10.1. The van der Waals surface area contributed by atoms with Crippen molar-refractivity contribution >= 4 is 5.82 Å². The number of hydrogen-bond donors (Lipinski definition) is 2. The van der Waals surface area contributed by atoms with Gasteiger partial charge in [-0.05, 0) is 11.8 Å². The van der Waals surface area contributed by atoms with Crippen LogP contribution < -0.4 is 11.3 Å². The highest BCUT2D eigenvalue weighted by Crippen LogP contribution is 2.09. The predicted molar refractivity (Wildman–Crippen MR) is 74.8 cm³/mol. The molecule has 0 bridgehead atoms. The Hall–Kier alpha value is -1.20. The third-order valence-electron chi connectivity index (χ3n) is 2.49. The van der Waals surface area contributed by atoms with Crippen LogP contribution in [0, 0.1) is 11.8 Å². The van der Waals surface area contributed by atoms with Crippen LogP contribution in [-0.2, 0) is 6.54 Å². The lowest BCUT2D eigenvalue weighted by molar-refractivity contribution is 0.209. The van der Waals surface area contributed by atoms with Crippen molar-refractivity contribution in [3.8, 4) is 0 Å². The third-order valence-corrected chi connectivity index (χ3v) is 2.49. The predicted octanol–water partition coefficient (Wildman–Crippen LogP) is 1.88. The van der Waals surface area contributed by atoms with E-state index < -0.39 is 0 Å². The van der Waals surface area contributed by atoms with Crippen LogP contribution >= 0.6 is 0 Å². The summed E-state index contributed by atoms with van der Waals surface area (Å²) >= 11 is 0. The van der Waals surface area contributed by atoms with E-state index in [-0.39, 0.29) is 0 Å². The van der Waals surface area contributed by atoms with Crippen molar-refractivity contribution in [3.05, 3.63) is 18.1 Å². The molecule has 0 aliphatic heterocycles. The highest BCUT2D eigenvalue weighted by molar-refractivity contribution is 5.28. The van der Waals surface area contributed by atoms with Crippen LogP contribution in [0.25, 0.3) is 0 Å². The van der Waals surface area contributed by atoms with Crippen molar-refractivity contribution in [2.45, 2.75) is 34.2 Å². The van der Waals surface area contributed by atoms with Crippen molar-refractivity contribution in [2.24, 2.45) is 17.7 Å². The molecular formula is C13H25N5. The van der Waals surface area contributed by atoms with Crippen molar-refractivity contribution in [1.82, 2.24) is 14.9 Å². The van der Waals surface area contributed by atoms with Gasteiger partial charge in [0, 0.05) is 19.6 Å². The van der Waals surface area contributed by atoms with Gasteiger partial charge in [0.2, 0.25) is 0 Å². The molecule has 0 spiro atoms. The van der Waals surface area contributed by atoms with Crippen LogP contribution in [0.5, 0.6) is 0 Å². The second-order valence-corrected chi connectivity index (χ2v) is 5.52. The number of anilines is 1. The second kappa shape index (κ2) is 7.28. The molecule has 1 aromatic heterocycles. The van der Waals surface area contributed by atoms with E-state index in [1.165, 1.54) is 0 Å². The first kappa shape index (κ1) is 14.9. The fourth-order valence-electron chi connectivity index (χ4n) is 1.98. The highest BCUT2D eigenvalue weighted by Gasteiger charge is 2.11. The Kier molecular flexibility index (Phi) is 6.01. The fraction of sp³-hybridized carbons (Fsp3) is 0.692. The van der Waals surface area contributed by atoms with Gasteiger partial charge in [-0.25, -0.2) is 10.8 Å². The molecule has 5 nitrogen and oxygen atoms in total. The molecule has 0 saturated carbocycles. The molecule has 0 unspecified atom stereocenters. The monoisotopic (exact) mass is 251 g/mol. The van der Waals surface area contributed by atoms with Crippen LogP contribution in [0.1, 0.15) is 33.4 Å². The SMILES string of the molecule is CC(C)CN(Cc1cnc(NN)cn1)CC(C)C. The van der Waals surface area contributed by atoms with Gasteiger partial charge in [0.15, 0.2) is 5.82 Å². The van der Waals surface area contributed by atoms with Gasteiger partial charge in [-0.3, -0.25) is 9.88 Å². The van der Waals surface area contributed by atoms with Gasteiger partial charge in [0.05, 0.1) is 18.1 Å². The number of hydrogen-bond acceptors (Lipinski definition) is 5. The maximum atomic E-state index is 5.27. The molecule has 0 aromatic carbocycles. The summed E-state index contributed by atoms with van der Waals surface area (Å²) in [5.41, 5.74) is 3.47. The minimum absolute atomic E-state index is 0.595. The molecule has 0 radical (unpaired) electrons. The average molecular weight is 251 g/mol. The summed E-state index contributed by atoms with van der Waals surface area (Å²) in [4.78, 5) is 11.0. The Balaban J connectivity index is 2.62. The molecule has 0 amide bonds. The van der Waals surface area contributed by atoms with E-state index in [2.05, 4.69) is 48.0 Å². The minimum Gasteiger partial charge on any atom is -0.307 e. The average Bonchev–Trinajstić information content (AvgIpc) is 2.28. The standard InChI is InChI=1S/C13H25N5/c1-10(2)7-18(8-11(3)4)9-12-5-16-13(17-14)6-15-12/h5-6,10-11H,7-9,14H2,1-4H3,(H,16,17). The zero-order valence-corrected chi connectivity index (χ0v) is 11.8. The summed E-state index contributed by atoms with van der Waals surface area (Å²) in [5.74, 6) is 7.17. The van der Waals surface area contributed by atoms with Gasteiger partial charge >= 0.3 is 0 Å². The van der Waals surface area contributed by atoms with Crippen LogP contribution in [0.3, 0.4) is 0 Å². The van der Waals surface area contributed by atoms with Crippen LogP contribution in [-0.4, -0.2) is 28.0 Å². The molecule has 1 rings (SSSR count). The first-order valence-electron chi connectivity index (χ1n) is 6.51. The number of aromatic nitrogens is 2. The maximum Gasteiger partial charge on any atom is 0.158 e. The molecule has 1 heterocycles. The van der Waals surface area contributed by atoms with Crippen LogP contribution in [0.4, 0.5) is 5.82 Å². The lowest BCUT2D eigenvalue weighted by Gasteiger charge is -2.25. The summed E-state index contributed by atoms with van der Waals surface area (Å²) in [6.07, 6.45) is 3.45. The van der Waals surface area contributed by atoms with Crippen molar-refractivity contribution < 1.29 is 0 Å². The van der Waals surface area contributed by atoms with Gasteiger partial charge in [-0.1, -0.05) is 27.7 Å². The van der Waals surface area contributed by atoms with E-state index in [0.717, 1.165) is 25.3 Å². The molecule has 0 aliphatic rings. The number of rotatable bonds is 7. The Morgan fingerprint density at radius 3 is 2.11 bits per heavy atom. The quantitative estimate of drug-likeness (QED) is 0.572. The van der Waals surface area contributed by atoms with Crippen LogP contribution in [0.2, 0.25) is 0 Å². The molecule has 0 aliphatic carbocycles. The Labute approximate surface area is 110 Å². The molecule has 5 heteroatoms. The van der Waals surface area contributed by atoms with E-state index in [0.29, 0.717) is 17.7 Å². The molecule has 3 N–H and O–H groups in total. The smallest absolute Gasteiger partial charge is 0.158 e. The second-order valence-electron chi connectivity index (χ2n) is 5.52. The van der Waals surface area contributed by atoms with E-state index >= 15 is 0 Å². The van der Waals surface area contributed by atoms with Gasteiger partial charge in [-0.15, -0.1) is 0 Å². The van der Waals surface area contributed by atoms with Crippen molar-refractivity contribution in [1.29, 1.82) is 0 Å². The number of hydrazine groups is 1. The molecule has 0 saturated heterocycles. The third kappa shape index (κ3) is 5.42. The molecule has 18 heavy (non-hydrogen) atoms. The zero-order chi connectivity index (χ0) is 13.5. The zero-order valence-electron chi connectivity index (χ0n) is 11.8. The largest absolute Gasteiger partial charge is 0.307 e. The number of nitrogens with two attached hydrogens (primary N) is 1. The maximum absolute atomic E-state index is 5.27. The first-order valence-corrected chi connectivity index (χ1v) is 6.51. The lowest BCUT2D eigenvalue weighted by Crippen LogP contribution is -2.31. The number of nitrogen functional groups attached to an aromatic ring is 1. The van der Waals surface area contributed by atoms with Crippen molar-refractivity contribution in [2.75, 3.05) is 18.5 Å². The Bertz CT molecular complexity index is 324. The van der Waals surface area contributed by atoms with E-state index in [9.17, 15) is 0 Å². The fourth-order valence-corrected chi connectivity index (χ4v) is 1.98. The molecule has 0 fully saturated rings. The minimum atomic E-state index is 0.595. The summed E-state index contributed by atoms with van der Waals surface area (Å²) in [5, 5.41) is 0.